The fraction of sp³-hybridized carbons (Fsp3) is 0.238. The summed E-state index contributed by atoms with van der Waals surface area (Å²) in [5, 5.41) is 3.68. The molecular formula is C21H20FN3O. The zero-order valence-corrected chi connectivity index (χ0v) is 14.6. The SMILES string of the molecule is Cc1cc(C(=O)Nc2ccccc2N2CCCC2)c2ccc(F)cc2n1. The number of hydrogen-bond acceptors (Lipinski definition) is 3. The van der Waals surface area contributed by atoms with Gasteiger partial charge in [0.2, 0.25) is 0 Å². The third-order valence-corrected chi connectivity index (χ3v) is 4.74. The second-order valence-electron chi connectivity index (χ2n) is 6.64. The molecule has 1 N–H and O–H groups in total. The quantitative estimate of drug-likeness (QED) is 0.755. The number of pyridine rings is 1. The largest absolute Gasteiger partial charge is 0.370 e. The molecule has 0 radical (unpaired) electrons. The summed E-state index contributed by atoms with van der Waals surface area (Å²) in [6.07, 6.45) is 2.34. The van der Waals surface area contributed by atoms with Gasteiger partial charge in [-0.15, -0.1) is 0 Å². The Morgan fingerprint density at radius 3 is 2.69 bits per heavy atom. The van der Waals surface area contributed by atoms with E-state index in [1.165, 1.54) is 25.0 Å². The van der Waals surface area contributed by atoms with Crippen molar-refractivity contribution < 1.29 is 9.18 Å². The minimum Gasteiger partial charge on any atom is -0.370 e. The molecule has 5 heteroatoms. The highest BCUT2D eigenvalue weighted by Gasteiger charge is 2.18. The number of aryl methyl sites for hydroxylation is 1. The van der Waals surface area contributed by atoms with Crippen LogP contribution in [0.15, 0.2) is 48.5 Å². The van der Waals surface area contributed by atoms with E-state index in [-0.39, 0.29) is 11.7 Å². The van der Waals surface area contributed by atoms with Gasteiger partial charge in [-0.3, -0.25) is 9.78 Å². The summed E-state index contributed by atoms with van der Waals surface area (Å²) >= 11 is 0. The van der Waals surface area contributed by atoms with E-state index in [9.17, 15) is 9.18 Å². The van der Waals surface area contributed by atoms with Gasteiger partial charge in [0.15, 0.2) is 0 Å². The predicted molar refractivity (Wildman–Crippen MR) is 102 cm³/mol. The van der Waals surface area contributed by atoms with E-state index in [1.54, 1.807) is 19.1 Å². The smallest absolute Gasteiger partial charge is 0.256 e. The number of aromatic nitrogens is 1. The van der Waals surface area contributed by atoms with Crippen molar-refractivity contribution in [3.05, 3.63) is 65.6 Å². The number of carbonyl (C=O) groups is 1. The monoisotopic (exact) mass is 349 g/mol. The van der Waals surface area contributed by atoms with Crippen molar-refractivity contribution in [1.82, 2.24) is 4.98 Å². The Balaban J connectivity index is 1.71. The molecule has 4 nitrogen and oxygen atoms in total. The first kappa shape index (κ1) is 16.5. The first-order valence-electron chi connectivity index (χ1n) is 8.84. The first-order chi connectivity index (χ1) is 12.6. The van der Waals surface area contributed by atoms with Crippen LogP contribution < -0.4 is 10.2 Å². The molecule has 0 spiro atoms. The third-order valence-electron chi connectivity index (χ3n) is 4.74. The Hall–Kier alpha value is -2.95. The molecule has 2 aromatic carbocycles. The van der Waals surface area contributed by atoms with E-state index in [0.717, 1.165) is 24.5 Å². The minimum absolute atomic E-state index is 0.209. The summed E-state index contributed by atoms with van der Waals surface area (Å²) in [6.45, 7) is 3.81. The second-order valence-corrected chi connectivity index (χ2v) is 6.64. The Kier molecular flexibility index (Phi) is 4.29. The van der Waals surface area contributed by atoms with E-state index in [4.69, 9.17) is 0 Å². The van der Waals surface area contributed by atoms with Gasteiger partial charge in [-0.05, 0) is 50.1 Å². The average Bonchev–Trinajstić information content (AvgIpc) is 3.15. The van der Waals surface area contributed by atoms with Crippen LogP contribution in [0.3, 0.4) is 0 Å². The first-order valence-corrected chi connectivity index (χ1v) is 8.84. The van der Waals surface area contributed by atoms with Crippen LogP contribution in [-0.4, -0.2) is 24.0 Å². The van der Waals surface area contributed by atoms with E-state index in [0.29, 0.717) is 22.2 Å². The fourth-order valence-corrected chi connectivity index (χ4v) is 3.52. The van der Waals surface area contributed by atoms with E-state index < -0.39 is 0 Å². The lowest BCUT2D eigenvalue weighted by molar-refractivity contribution is 0.102. The number of rotatable bonds is 3. The van der Waals surface area contributed by atoms with E-state index in [1.807, 2.05) is 24.3 Å². The predicted octanol–water partition coefficient (Wildman–Crippen LogP) is 4.53. The number of hydrogen-bond donors (Lipinski definition) is 1. The molecule has 1 aromatic heterocycles. The Labute approximate surface area is 151 Å². The van der Waals surface area contributed by atoms with Crippen molar-refractivity contribution in [2.24, 2.45) is 0 Å². The van der Waals surface area contributed by atoms with Crippen LogP contribution in [0, 0.1) is 12.7 Å². The fourth-order valence-electron chi connectivity index (χ4n) is 3.52. The van der Waals surface area contributed by atoms with Gasteiger partial charge in [-0.2, -0.15) is 0 Å². The minimum atomic E-state index is -0.360. The highest BCUT2D eigenvalue weighted by atomic mass is 19.1. The molecule has 2 heterocycles. The number of anilines is 2. The number of nitrogens with zero attached hydrogens (tertiary/aromatic N) is 2. The standard InChI is InChI=1S/C21H20FN3O/c1-14-12-17(16-9-8-15(22)13-19(16)23-14)21(26)24-18-6-2-3-7-20(18)25-10-4-5-11-25/h2-3,6-9,12-13H,4-5,10-11H2,1H3,(H,24,26). The van der Waals surface area contributed by atoms with Crippen molar-refractivity contribution in [2.75, 3.05) is 23.3 Å². The van der Waals surface area contributed by atoms with Crippen molar-refractivity contribution in [2.45, 2.75) is 19.8 Å². The molecule has 1 fully saturated rings. The summed E-state index contributed by atoms with van der Waals surface area (Å²) in [4.78, 5) is 19.6. The van der Waals surface area contributed by atoms with Crippen LogP contribution in [0.5, 0.6) is 0 Å². The highest BCUT2D eigenvalue weighted by molar-refractivity contribution is 6.13. The lowest BCUT2D eigenvalue weighted by atomic mass is 10.1. The van der Waals surface area contributed by atoms with Crippen LogP contribution in [0.25, 0.3) is 10.9 Å². The second kappa shape index (κ2) is 6.75. The van der Waals surface area contributed by atoms with Crippen molar-refractivity contribution >= 4 is 28.2 Å². The molecule has 0 unspecified atom stereocenters. The number of nitrogens with one attached hydrogen (secondary N) is 1. The van der Waals surface area contributed by atoms with E-state index >= 15 is 0 Å². The molecule has 1 aliphatic heterocycles. The summed E-state index contributed by atoms with van der Waals surface area (Å²) in [7, 11) is 0. The molecular weight excluding hydrogens is 329 g/mol. The molecule has 26 heavy (non-hydrogen) atoms. The van der Waals surface area contributed by atoms with Crippen LogP contribution in [-0.2, 0) is 0 Å². The van der Waals surface area contributed by atoms with Crippen LogP contribution in [0.2, 0.25) is 0 Å². The maximum absolute atomic E-state index is 13.5. The molecule has 4 rings (SSSR count). The summed E-state index contributed by atoms with van der Waals surface area (Å²) in [5.41, 5.74) is 3.51. The Morgan fingerprint density at radius 1 is 1.12 bits per heavy atom. The van der Waals surface area contributed by atoms with Gasteiger partial charge < -0.3 is 10.2 Å². The molecule has 0 bridgehead atoms. The van der Waals surface area contributed by atoms with Gasteiger partial charge in [0, 0.05) is 30.2 Å². The van der Waals surface area contributed by atoms with Crippen LogP contribution >= 0.6 is 0 Å². The van der Waals surface area contributed by atoms with Crippen molar-refractivity contribution in [3.8, 4) is 0 Å². The summed E-state index contributed by atoms with van der Waals surface area (Å²) in [6, 6.07) is 13.9. The normalized spacial score (nSPS) is 14.0. The van der Waals surface area contributed by atoms with Crippen molar-refractivity contribution in [3.63, 3.8) is 0 Å². The molecule has 132 valence electrons. The van der Waals surface area contributed by atoms with Gasteiger partial charge in [0.05, 0.1) is 22.5 Å². The Bertz CT molecular complexity index is 975. The summed E-state index contributed by atoms with van der Waals surface area (Å²) in [5.74, 6) is -0.569. The number of fused-ring (bicyclic) bond motifs is 1. The Morgan fingerprint density at radius 2 is 1.88 bits per heavy atom. The molecule has 1 amide bonds. The van der Waals surface area contributed by atoms with Gasteiger partial charge in [0.25, 0.3) is 5.91 Å². The van der Waals surface area contributed by atoms with Gasteiger partial charge in [-0.1, -0.05) is 12.1 Å². The molecule has 1 aliphatic rings. The topological polar surface area (TPSA) is 45.2 Å². The van der Waals surface area contributed by atoms with Crippen LogP contribution in [0.4, 0.5) is 15.8 Å². The molecule has 0 aliphatic carbocycles. The van der Waals surface area contributed by atoms with Crippen molar-refractivity contribution in [1.29, 1.82) is 0 Å². The number of carbonyl (C=O) groups excluding carboxylic acids is 1. The molecule has 0 atom stereocenters. The zero-order valence-electron chi connectivity index (χ0n) is 14.6. The number of benzene rings is 2. The average molecular weight is 349 g/mol. The number of halogens is 1. The number of amides is 1. The van der Waals surface area contributed by atoms with Crippen LogP contribution in [0.1, 0.15) is 28.9 Å². The zero-order chi connectivity index (χ0) is 18.1. The number of para-hydroxylation sites is 2. The molecule has 0 saturated carbocycles. The maximum atomic E-state index is 13.5. The van der Waals surface area contributed by atoms with E-state index in [2.05, 4.69) is 15.2 Å². The molecule has 1 saturated heterocycles. The lowest BCUT2D eigenvalue weighted by Gasteiger charge is -2.21. The van der Waals surface area contributed by atoms with Gasteiger partial charge in [0.1, 0.15) is 5.82 Å². The maximum Gasteiger partial charge on any atom is 0.256 e. The highest BCUT2D eigenvalue weighted by Crippen LogP contribution is 2.29. The summed E-state index contributed by atoms with van der Waals surface area (Å²) < 4.78 is 13.5. The lowest BCUT2D eigenvalue weighted by Crippen LogP contribution is -2.21. The van der Waals surface area contributed by atoms with Gasteiger partial charge in [-0.25, -0.2) is 4.39 Å². The van der Waals surface area contributed by atoms with Gasteiger partial charge >= 0.3 is 0 Å². The third kappa shape index (κ3) is 3.12. The molecule has 3 aromatic rings.